The first-order valence-electron chi connectivity index (χ1n) is 6.93. The van der Waals surface area contributed by atoms with Crippen LogP contribution in [-0.2, 0) is 4.74 Å². The van der Waals surface area contributed by atoms with Crippen molar-refractivity contribution in [2.45, 2.75) is 39.2 Å². The fourth-order valence-electron chi connectivity index (χ4n) is 2.66. The Labute approximate surface area is 114 Å². The number of aryl methyl sites for hydroxylation is 1. The molecule has 104 valence electrons. The molecule has 0 saturated heterocycles. The highest BCUT2D eigenvalue weighted by Crippen LogP contribution is 2.34. The van der Waals surface area contributed by atoms with Gasteiger partial charge in [-0.05, 0) is 56.4 Å². The smallest absolute Gasteiger partial charge is 0.163 e. The molecule has 2 rings (SSSR count). The van der Waals surface area contributed by atoms with Crippen LogP contribution in [0.25, 0.3) is 0 Å². The van der Waals surface area contributed by atoms with Gasteiger partial charge in [0.05, 0.1) is 13.2 Å². The monoisotopic (exact) mass is 262 g/mol. The molecule has 0 amide bonds. The van der Waals surface area contributed by atoms with E-state index in [0.717, 1.165) is 36.3 Å². The zero-order chi connectivity index (χ0) is 13.8. The van der Waals surface area contributed by atoms with Crippen molar-refractivity contribution in [2.75, 3.05) is 13.7 Å². The normalized spacial score (nSPS) is 21.8. The van der Waals surface area contributed by atoms with Gasteiger partial charge in [-0.15, -0.1) is 0 Å². The molecular formula is C16H22O3. The zero-order valence-electron chi connectivity index (χ0n) is 11.9. The van der Waals surface area contributed by atoms with E-state index < -0.39 is 0 Å². The highest BCUT2D eigenvalue weighted by atomic mass is 16.5. The molecule has 1 aliphatic rings. The molecule has 1 aromatic rings. The third kappa shape index (κ3) is 3.35. The molecule has 0 aliphatic heterocycles. The lowest BCUT2D eigenvalue weighted by Crippen LogP contribution is -2.32. The van der Waals surface area contributed by atoms with E-state index in [4.69, 9.17) is 9.47 Å². The van der Waals surface area contributed by atoms with Gasteiger partial charge in [-0.25, -0.2) is 0 Å². The molecule has 0 radical (unpaired) electrons. The Morgan fingerprint density at radius 2 is 2.11 bits per heavy atom. The summed E-state index contributed by atoms with van der Waals surface area (Å²) in [5, 5.41) is 0. The van der Waals surface area contributed by atoms with Gasteiger partial charge in [0.25, 0.3) is 0 Å². The van der Waals surface area contributed by atoms with Crippen molar-refractivity contribution in [3.05, 3.63) is 29.3 Å². The van der Waals surface area contributed by atoms with Gasteiger partial charge >= 0.3 is 0 Å². The fraction of sp³-hybridized carbons (Fsp3) is 0.562. The summed E-state index contributed by atoms with van der Waals surface area (Å²) in [5.41, 5.74) is 1.81. The first-order chi connectivity index (χ1) is 9.13. The van der Waals surface area contributed by atoms with Crippen LogP contribution in [0.15, 0.2) is 18.2 Å². The SMILES string of the molecule is CCOC1CC(CC(=O)c2ccc(OC)cc2C)C1. The summed E-state index contributed by atoms with van der Waals surface area (Å²) in [6, 6.07) is 5.64. The minimum absolute atomic E-state index is 0.236. The van der Waals surface area contributed by atoms with Crippen LogP contribution >= 0.6 is 0 Å². The summed E-state index contributed by atoms with van der Waals surface area (Å²) in [6.07, 6.45) is 3.06. The number of methoxy groups -OCH3 is 1. The van der Waals surface area contributed by atoms with Gasteiger partial charge in [0.15, 0.2) is 5.78 Å². The van der Waals surface area contributed by atoms with E-state index in [2.05, 4.69) is 0 Å². The van der Waals surface area contributed by atoms with Crippen LogP contribution in [0.5, 0.6) is 5.75 Å². The highest BCUT2D eigenvalue weighted by molar-refractivity contribution is 5.97. The number of Topliss-reactive ketones (excluding diaryl/α,β-unsaturated/α-hetero) is 1. The second kappa shape index (κ2) is 6.20. The van der Waals surface area contributed by atoms with E-state index in [9.17, 15) is 4.79 Å². The lowest BCUT2D eigenvalue weighted by atomic mass is 9.78. The molecule has 0 aromatic heterocycles. The number of ether oxygens (including phenoxy) is 2. The average Bonchev–Trinajstić information content (AvgIpc) is 2.35. The third-order valence-electron chi connectivity index (χ3n) is 3.80. The van der Waals surface area contributed by atoms with E-state index in [0.29, 0.717) is 18.4 Å². The molecule has 3 nitrogen and oxygen atoms in total. The number of rotatable bonds is 6. The van der Waals surface area contributed by atoms with Gasteiger partial charge in [0.1, 0.15) is 5.75 Å². The molecule has 3 heteroatoms. The molecule has 0 N–H and O–H groups in total. The maximum atomic E-state index is 12.3. The van der Waals surface area contributed by atoms with E-state index in [-0.39, 0.29) is 5.78 Å². The first-order valence-corrected chi connectivity index (χ1v) is 6.93. The van der Waals surface area contributed by atoms with Crippen molar-refractivity contribution in [3.8, 4) is 5.75 Å². The predicted molar refractivity (Wildman–Crippen MR) is 74.8 cm³/mol. The van der Waals surface area contributed by atoms with Crippen molar-refractivity contribution < 1.29 is 14.3 Å². The summed E-state index contributed by atoms with van der Waals surface area (Å²) < 4.78 is 10.7. The third-order valence-corrected chi connectivity index (χ3v) is 3.80. The maximum Gasteiger partial charge on any atom is 0.163 e. The molecular weight excluding hydrogens is 240 g/mol. The van der Waals surface area contributed by atoms with Gasteiger partial charge in [-0.2, -0.15) is 0 Å². The van der Waals surface area contributed by atoms with Gasteiger partial charge in [-0.1, -0.05) is 0 Å². The maximum absolute atomic E-state index is 12.3. The van der Waals surface area contributed by atoms with Crippen molar-refractivity contribution in [3.63, 3.8) is 0 Å². The predicted octanol–water partition coefficient (Wildman–Crippen LogP) is 3.39. The van der Waals surface area contributed by atoms with Crippen molar-refractivity contribution in [1.29, 1.82) is 0 Å². The van der Waals surface area contributed by atoms with E-state index in [1.165, 1.54) is 0 Å². The Hall–Kier alpha value is -1.35. The first kappa shape index (κ1) is 14.1. The van der Waals surface area contributed by atoms with Crippen LogP contribution in [0, 0.1) is 12.8 Å². The molecule has 0 heterocycles. The molecule has 1 fully saturated rings. The van der Waals surface area contributed by atoms with Crippen LogP contribution in [0.2, 0.25) is 0 Å². The van der Waals surface area contributed by atoms with Crippen molar-refractivity contribution >= 4 is 5.78 Å². The van der Waals surface area contributed by atoms with Crippen LogP contribution in [0.4, 0.5) is 0 Å². The standard InChI is InChI=1S/C16H22O3/c1-4-19-14-8-12(9-14)10-16(17)15-6-5-13(18-3)7-11(15)2/h5-7,12,14H,4,8-10H2,1-3H3. The number of carbonyl (C=O) groups is 1. The molecule has 0 unspecified atom stereocenters. The Kier molecular flexibility index (Phi) is 4.59. The number of ketones is 1. The molecule has 19 heavy (non-hydrogen) atoms. The number of carbonyl (C=O) groups excluding carboxylic acids is 1. The number of hydrogen-bond donors (Lipinski definition) is 0. The Balaban J connectivity index is 1.90. The Morgan fingerprint density at radius 1 is 1.37 bits per heavy atom. The lowest BCUT2D eigenvalue weighted by molar-refractivity contribution is -0.0246. The largest absolute Gasteiger partial charge is 0.497 e. The molecule has 0 spiro atoms. The van der Waals surface area contributed by atoms with Gasteiger partial charge in [0.2, 0.25) is 0 Å². The quantitative estimate of drug-likeness (QED) is 0.737. The van der Waals surface area contributed by atoms with E-state index in [1.54, 1.807) is 7.11 Å². The number of benzene rings is 1. The minimum atomic E-state index is 0.236. The molecule has 1 aromatic carbocycles. The van der Waals surface area contributed by atoms with Gasteiger partial charge in [-0.3, -0.25) is 4.79 Å². The van der Waals surface area contributed by atoms with E-state index >= 15 is 0 Å². The summed E-state index contributed by atoms with van der Waals surface area (Å²) >= 11 is 0. The topological polar surface area (TPSA) is 35.5 Å². The lowest BCUT2D eigenvalue weighted by Gasteiger charge is -2.34. The van der Waals surface area contributed by atoms with Crippen LogP contribution in [-0.4, -0.2) is 25.6 Å². The van der Waals surface area contributed by atoms with E-state index in [1.807, 2.05) is 32.0 Å². The zero-order valence-corrected chi connectivity index (χ0v) is 11.9. The average molecular weight is 262 g/mol. The summed E-state index contributed by atoms with van der Waals surface area (Å²) in [4.78, 5) is 12.3. The molecule has 0 atom stereocenters. The number of hydrogen-bond acceptors (Lipinski definition) is 3. The Morgan fingerprint density at radius 3 is 2.68 bits per heavy atom. The highest BCUT2D eigenvalue weighted by Gasteiger charge is 2.31. The molecule has 0 bridgehead atoms. The van der Waals surface area contributed by atoms with Crippen LogP contribution in [0.1, 0.15) is 42.1 Å². The summed E-state index contributed by atoms with van der Waals surface area (Å²) in [6.45, 7) is 4.74. The van der Waals surface area contributed by atoms with Gasteiger partial charge < -0.3 is 9.47 Å². The molecule has 1 aliphatic carbocycles. The van der Waals surface area contributed by atoms with Crippen molar-refractivity contribution in [1.82, 2.24) is 0 Å². The van der Waals surface area contributed by atoms with Gasteiger partial charge in [0, 0.05) is 18.6 Å². The minimum Gasteiger partial charge on any atom is -0.497 e. The van der Waals surface area contributed by atoms with Crippen LogP contribution in [0.3, 0.4) is 0 Å². The fourth-order valence-corrected chi connectivity index (χ4v) is 2.66. The van der Waals surface area contributed by atoms with Crippen LogP contribution < -0.4 is 4.74 Å². The Bertz CT molecular complexity index is 447. The summed E-state index contributed by atoms with van der Waals surface area (Å²) in [5.74, 6) is 1.53. The van der Waals surface area contributed by atoms with Crippen molar-refractivity contribution in [2.24, 2.45) is 5.92 Å². The summed E-state index contributed by atoms with van der Waals surface area (Å²) in [7, 11) is 1.64. The second-order valence-corrected chi connectivity index (χ2v) is 5.22. The second-order valence-electron chi connectivity index (χ2n) is 5.22. The molecule has 1 saturated carbocycles.